The van der Waals surface area contributed by atoms with Gasteiger partial charge in [0.25, 0.3) is 0 Å². The summed E-state index contributed by atoms with van der Waals surface area (Å²) in [7, 11) is 4.63. The third kappa shape index (κ3) is 2.51. The zero-order valence-electron chi connectivity index (χ0n) is 11.1. The minimum absolute atomic E-state index is 0.507. The highest BCUT2D eigenvalue weighted by Gasteiger charge is 2.18. The first-order chi connectivity index (χ1) is 9.21. The van der Waals surface area contributed by atoms with E-state index in [1.807, 2.05) is 12.1 Å². The molecule has 0 amide bonds. The maximum absolute atomic E-state index is 10.3. The number of aliphatic hydroxyl groups is 1. The molecule has 102 valence electrons. The van der Waals surface area contributed by atoms with Crippen molar-refractivity contribution in [3.63, 3.8) is 0 Å². The van der Waals surface area contributed by atoms with E-state index >= 15 is 0 Å². The summed E-state index contributed by atoms with van der Waals surface area (Å²) in [5.41, 5.74) is 1.37. The molecule has 0 saturated heterocycles. The number of benzene rings is 1. The third-order valence-electron chi connectivity index (χ3n) is 2.92. The van der Waals surface area contributed by atoms with Crippen LogP contribution in [0.25, 0.3) is 0 Å². The molecule has 5 nitrogen and oxygen atoms in total. The van der Waals surface area contributed by atoms with E-state index in [-0.39, 0.29) is 0 Å². The van der Waals surface area contributed by atoms with E-state index in [0.29, 0.717) is 28.5 Å². The Kier molecular flexibility index (Phi) is 3.97. The summed E-state index contributed by atoms with van der Waals surface area (Å²) in [6.07, 6.45) is 0.986. The molecule has 0 radical (unpaired) electrons. The molecule has 1 atom stereocenters. The Labute approximate surface area is 111 Å². The average molecular weight is 263 g/mol. The molecule has 5 heteroatoms. The molecule has 1 aromatic heterocycles. The van der Waals surface area contributed by atoms with Gasteiger partial charge in [-0.25, -0.2) is 0 Å². The average Bonchev–Trinajstić information content (AvgIpc) is 2.98. The number of hydrogen-bond donors (Lipinski definition) is 2. The van der Waals surface area contributed by atoms with Gasteiger partial charge >= 0.3 is 0 Å². The van der Waals surface area contributed by atoms with Crippen LogP contribution in [0.1, 0.15) is 17.4 Å². The number of aliphatic hydroxyl groups excluding tert-OH is 1. The van der Waals surface area contributed by atoms with E-state index in [4.69, 9.17) is 14.2 Å². The fourth-order valence-corrected chi connectivity index (χ4v) is 1.95. The minimum Gasteiger partial charge on any atom is -0.493 e. The zero-order chi connectivity index (χ0) is 13.8. The highest BCUT2D eigenvalue weighted by Crippen LogP contribution is 2.40. The maximum atomic E-state index is 10.3. The van der Waals surface area contributed by atoms with E-state index in [1.165, 1.54) is 0 Å². The van der Waals surface area contributed by atoms with E-state index in [2.05, 4.69) is 4.98 Å². The topological polar surface area (TPSA) is 63.7 Å². The van der Waals surface area contributed by atoms with Gasteiger partial charge in [-0.2, -0.15) is 0 Å². The van der Waals surface area contributed by atoms with Gasteiger partial charge in [0, 0.05) is 11.9 Å². The van der Waals surface area contributed by atoms with Crippen LogP contribution < -0.4 is 14.2 Å². The maximum Gasteiger partial charge on any atom is 0.203 e. The van der Waals surface area contributed by atoms with Crippen LogP contribution in [0.15, 0.2) is 30.5 Å². The molecule has 0 bridgehead atoms. The van der Waals surface area contributed by atoms with Crippen LogP contribution in [0.2, 0.25) is 0 Å². The quantitative estimate of drug-likeness (QED) is 0.867. The fourth-order valence-electron chi connectivity index (χ4n) is 1.95. The van der Waals surface area contributed by atoms with Crippen LogP contribution in [0.5, 0.6) is 17.2 Å². The lowest BCUT2D eigenvalue weighted by Gasteiger charge is -2.16. The van der Waals surface area contributed by atoms with Gasteiger partial charge in [-0.05, 0) is 29.8 Å². The fraction of sp³-hybridized carbons (Fsp3) is 0.286. The summed E-state index contributed by atoms with van der Waals surface area (Å²) in [6, 6.07) is 7.10. The summed E-state index contributed by atoms with van der Waals surface area (Å²) in [4.78, 5) is 2.98. The summed E-state index contributed by atoms with van der Waals surface area (Å²) in [6.45, 7) is 0. The lowest BCUT2D eigenvalue weighted by molar-refractivity contribution is 0.214. The molecular formula is C14H17NO4. The predicted molar refractivity (Wildman–Crippen MR) is 71.0 cm³/mol. The van der Waals surface area contributed by atoms with Crippen molar-refractivity contribution in [3.8, 4) is 17.2 Å². The lowest BCUT2D eigenvalue weighted by Crippen LogP contribution is -2.03. The molecule has 1 heterocycles. The van der Waals surface area contributed by atoms with Crippen molar-refractivity contribution in [1.82, 2.24) is 4.98 Å². The molecule has 2 aromatic rings. The molecule has 1 aromatic carbocycles. The van der Waals surface area contributed by atoms with Gasteiger partial charge in [-0.1, -0.05) is 0 Å². The van der Waals surface area contributed by atoms with Crippen LogP contribution in [0.3, 0.4) is 0 Å². The Bertz CT molecular complexity index is 511. The third-order valence-corrected chi connectivity index (χ3v) is 2.92. The number of H-pyrrole nitrogens is 1. The number of hydrogen-bond acceptors (Lipinski definition) is 4. The van der Waals surface area contributed by atoms with Crippen LogP contribution in [0.4, 0.5) is 0 Å². The molecule has 19 heavy (non-hydrogen) atoms. The predicted octanol–water partition coefficient (Wildman–Crippen LogP) is 2.12. The Morgan fingerprint density at radius 2 is 1.68 bits per heavy atom. The summed E-state index contributed by atoms with van der Waals surface area (Å²) < 4.78 is 15.8. The second-order valence-electron chi connectivity index (χ2n) is 3.99. The number of ether oxygens (including phenoxy) is 3. The number of aromatic nitrogens is 1. The first-order valence-electron chi connectivity index (χ1n) is 5.82. The van der Waals surface area contributed by atoms with Crippen molar-refractivity contribution in [3.05, 3.63) is 41.7 Å². The van der Waals surface area contributed by atoms with E-state index in [9.17, 15) is 5.11 Å². The Morgan fingerprint density at radius 1 is 1.05 bits per heavy atom. The van der Waals surface area contributed by atoms with Crippen molar-refractivity contribution in [2.24, 2.45) is 0 Å². The van der Waals surface area contributed by atoms with Crippen molar-refractivity contribution < 1.29 is 19.3 Å². The standard InChI is InChI=1S/C14H17NO4/c1-17-11-7-9(8-12(18-2)14(11)19-3)13(16)10-5-4-6-15-10/h4-8,13,15-16H,1-3H3. The van der Waals surface area contributed by atoms with Crippen LogP contribution >= 0.6 is 0 Å². The largest absolute Gasteiger partial charge is 0.493 e. The summed E-state index contributed by atoms with van der Waals surface area (Å²) >= 11 is 0. The lowest BCUT2D eigenvalue weighted by atomic mass is 10.1. The Balaban J connectivity index is 2.47. The summed E-state index contributed by atoms with van der Waals surface area (Å²) in [5, 5.41) is 10.3. The molecule has 0 aliphatic heterocycles. The van der Waals surface area contributed by atoms with Gasteiger partial charge in [-0.3, -0.25) is 0 Å². The number of rotatable bonds is 5. The number of methoxy groups -OCH3 is 3. The zero-order valence-corrected chi connectivity index (χ0v) is 11.1. The highest BCUT2D eigenvalue weighted by molar-refractivity contribution is 5.54. The van der Waals surface area contributed by atoms with Crippen molar-refractivity contribution in [1.29, 1.82) is 0 Å². The molecule has 0 saturated carbocycles. The SMILES string of the molecule is COc1cc(C(O)c2ccc[nH]2)cc(OC)c1OC. The van der Waals surface area contributed by atoms with E-state index < -0.39 is 6.10 Å². The molecule has 0 fully saturated rings. The Morgan fingerprint density at radius 3 is 2.11 bits per heavy atom. The van der Waals surface area contributed by atoms with E-state index in [1.54, 1.807) is 39.7 Å². The van der Waals surface area contributed by atoms with Gasteiger partial charge in [0.1, 0.15) is 6.10 Å². The smallest absolute Gasteiger partial charge is 0.203 e. The minimum atomic E-state index is -0.774. The van der Waals surface area contributed by atoms with Gasteiger partial charge in [-0.15, -0.1) is 0 Å². The molecule has 0 aliphatic rings. The Hall–Kier alpha value is -2.14. The molecule has 0 aliphatic carbocycles. The van der Waals surface area contributed by atoms with Crippen LogP contribution in [-0.4, -0.2) is 31.4 Å². The number of aromatic amines is 1. The van der Waals surface area contributed by atoms with Gasteiger partial charge < -0.3 is 24.3 Å². The second kappa shape index (κ2) is 5.67. The molecule has 0 spiro atoms. The van der Waals surface area contributed by atoms with Gasteiger partial charge in [0.15, 0.2) is 11.5 Å². The second-order valence-corrected chi connectivity index (χ2v) is 3.99. The molecule has 1 unspecified atom stereocenters. The van der Waals surface area contributed by atoms with Crippen molar-refractivity contribution >= 4 is 0 Å². The monoisotopic (exact) mass is 263 g/mol. The first-order valence-corrected chi connectivity index (χ1v) is 5.82. The van der Waals surface area contributed by atoms with Gasteiger partial charge in [0.05, 0.1) is 21.3 Å². The van der Waals surface area contributed by atoms with E-state index in [0.717, 1.165) is 0 Å². The number of nitrogens with one attached hydrogen (secondary N) is 1. The van der Waals surface area contributed by atoms with Crippen LogP contribution in [-0.2, 0) is 0 Å². The highest BCUT2D eigenvalue weighted by atomic mass is 16.5. The van der Waals surface area contributed by atoms with Crippen molar-refractivity contribution in [2.75, 3.05) is 21.3 Å². The van der Waals surface area contributed by atoms with Crippen molar-refractivity contribution in [2.45, 2.75) is 6.10 Å². The molecule has 2 N–H and O–H groups in total. The van der Waals surface area contributed by atoms with Gasteiger partial charge in [0.2, 0.25) is 5.75 Å². The molecule has 2 rings (SSSR count). The first kappa shape index (κ1) is 13.3. The van der Waals surface area contributed by atoms with Crippen LogP contribution in [0, 0.1) is 0 Å². The molecular weight excluding hydrogens is 246 g/mol. The normalized spacial score (nSPS) is 12.0. The summed E-state index contributed by atoms with van der Waals surface area (Å²) in [5.74, 6) is 1.54.